The van der Waals surface area contributed by atoms with Gasteiger partial charge in [-0.05, 0) is 37.6 Å². The van der Waals surface area contributed by atoms with E-state index in [9.17, 15) is 9.59 Å². The third-order valence-electron chi connectivity index (χ3n) is 5.40. The first-order valence-electron chi connectivity index (χ1n) is 10.0. The highest BCUT2D eigenvalue weighted by Crippen LogP contribution is 2.42. The van der Waals surface area contributed by atoms with Crippen LogP contribution in [0, 0.1) is 6.92 Å². The molecule has 1 aliphatic heterocycles. The molecule has 0 unspecified atom stereocenters. The molecule has 0 saturated heterocycles. The maximum Gasteiger partial charge on any atom is 0.340 e. The van der Waals surface area contributed by atoms with Crippen LogP contribution in [0.25, 0.3) is 6.08 Å². The van der Waals surface area contributed by atoms with Crippen LogP contribution >= 0.6 is 0 Å². The Morgan fingerprint density at radius 3 is 2.12 bits per heavy atom. The van der Waals surface area contributed by atoms with Crippen LogP contribution in [0.2, 0.25) is 0 Å². The molecule has 0 bridgehead atoms. The fourth-order valence-electron chi connectivity index (χ4n) is 3.69. The number of carbonyl (C=O) groups excluding carboxylic acids is 2. The van der Waals surface area contributed by atoms with Crippen LogP contribution in [0.15, 0.2) is 53.2 Å². The van der Waals surface area contributed by atoms with E-state index in [0.717, 1.165) is 11.1 Å². The number of amides is 1. The number of carbonyl (C=O) groups is 2. The summed E-state index contributed by atoms with van der Waals surface area (Å²) in [6.07, 6.45) is 1.62. The summed E-state index contributed by atoms with van der Waals surface area (Å²) < 4.78 is 21.3. The normalized spacial score (nSPS) is 14.8. The monoisotopic (exact) mass is 437 g/mol. The van der Waals surface area contributed by atoms with Gasteiger partial charge in [0.1, 0.15) is 0 Å². The van der Waals surface area contributed by atoms with E-state index in [2.05, 4.69) is 0 Å². The summed E-state index contributed by atoms with van der Waals surface area (Å²) in [6.45, 7) is 4.08. The van der Waals surface area contributed by atoms with E-state index in [0.29, 0.717) is 35.1 Å². The molecule has 0 spiro atoms. The second-order valence-electron chi connectivity index (χ2n) is 7.31. The minimum absolute atomic E-state index is 0.224. The summed E-state index contributed by atoms with van der Waals surface area (Å²) in [6, 6.07) is 11.4. The summed E-state index contributed by atoms with van der Waals surface area (Å²) in [7, 11) is 5.83. The number of nitrogens with zero attached hydrogens (tertiary/aromatic N) is 1. The van der Waals surface area contributed by atoms with Crippen molar-refractivity contribution in [1.82, 2.24) is 4.90 Å². The Kier molecular flexibility index (Phi) is 6.88. The Balaban J connectivity index is 2.11. The summed E-state index contributed by atoms with van der Waals surface area (Å²) >= 11 is 0. The Labute approximate surface area is 187 Å². The van der Waals surface area contributed by atoms with Gasteiger partial charge in [0.2, 0.25) is 5.75 Å². The molecule has 2 aromatic carbocycles. The van der Waals surface area contributed by atoms with Crippen molar-refractivity contribution in [2.24, 2.45) is 0 Å². The Morgan fingerprint density at radius 2 is 1.56 bits per heavy atom. The van der Waals surface area contributed by atoms with E-state index in [1.54, 1.807) is 30.0 Å². The lowest BCUT2D eigenvalue weighted by Crippen LogP contribution is -2.24. The molecule has 1 aliphatic rings. The largest absolute Gasteiger partial charge is 0.493 e. The highest BCUT2D eigenvalue weighted by molar-refractivity contribution is 6.16. The van der Waals surface area contributed by atoms with Crippen molar-refractivity contribution < 1.29 is 28.5 Å². The van der Waals surface area contributed by atoms with Crippen LogP contribution in [0.5, 0.6) is 17.2 Å². The number of esters is 1. The fraction of sp³-hybridized carbons (Fsp3) is 0.280. The van der Waals surface area contributed by atoms with Crippen LogP contribution in [-0.4, -0.2) is 45.2 Å². The highest BCUT2D eigenvalue weighted by Gasteiger charge is 2.37. The fourth-order valence-corrected chi connectivity index (χ4v) is 3.69. The van der Waals surface area contributed by atoms with Crippen LogP contribution in [-0.2, 0) is 20.9 Å². The second kappa shape index (κ2) is 9.60. The van der Waals surface area contributed by atoms with Crippen LogP contribution < -0.4 is 14.2 Å². The van der Waals surface area contributed by atoms with Crippen molar-refractivity contribution in [3.05, 3.63) is 69.9 Å². The number of hydrogen-bond donors (Lipinski definition) is 0. The first kappa shape index (κ1) is 22.9. The molecule has 0 aromatic heterocycles. The predicted molar refractivity (Wildman–Crippen MR) is 121 cm³/mol. The van der Waals surface area contributed by atoms with Crippen LogP contribution in [0.4, 0.5) is 0 Å². The van der Waals surface area contributed by atoms with Gasteiger partial charge in [0.25, 0.3) is 5.91 Å². The number of benzene rings is 2. The summed E-state index contributed by atoms with van der Waals surface area (Å²) in [5.41, 5.74) is 3.64. The minimum atomic E-state index is -0.576. The van der Waals surface area contributed by atoms with Gasteiger partial charge in [-0.2, -0.15) is 0 Å². The molecule has 0 atom stereocenters. The van der Waals surface area contributed by atoms with Gasteiger partial charge in [0.15, 0.2) is 11.5 Å². The van der Waals surface area contributed by atoms with Gasteiger partial charge in [0.05, 0.1) is 46.1 Å². The van der Waals surface area contributed by atoms with Gasteiger partial charge >= 0.3 is 5.97 Å². The van der Waals surface area contributed by atoms with E-state index in [-0.39, 0.29) is 17.1 Å². The number of methoxy groups -OCH3 is 4. The third kappa shape index (κ3) is 4.19. The lowest BCUT2D eigenvalue weighted by Gasteiger charge is -2.18. The minimum Gasteiger partial charge on any atom is -0.493 e. The Bertz CT molecular complexity index is 1100. The molecule has 1 amide bonds. The lowest BCUT2D eigenvalue weighted by atomic mass is 10.0. The van der Waals surface area contributed by atoms with Crippen molar-refractivity contribution in [3.8, 4) is 17.2 Å². The highest BCUT2D eigenvalue weighted by atomic mass is 16.5. The van der Waals surface area contributed by atoms with Crippen molar-refractivity contribution >= 4 is 18.0 Å². The number of aryl methyl sites for hydroxylation is 1. The van der Waals surface area contributed by atoms with Crippen LogP contribution in [0.1, 0.15) is 23.6 Å². The van der Waals surface area contributed by atoms with Crippen molar-refractivity contribution in [2.45, 2.75) is 20.4 Å². The zero-order valence-electron chi connectivity index (χ0n) is 19.1. The summed E-state index contributed by atoms with van der Waals surface area (Å²) in [4.78, 5) is 27.6. The number of rotatable bonds is 7. The first-order chi connectivity index (χ1) is 15.4. The average molecular weight is 437 g/mol. The molecule has 0 N–H and O–H groups in total. The zero-order valence-corrected chi connectivity index (χ0v) is 19.1. The Morgan fingerprint density at radius 1 is 0.906 bits per heavy atom. The molecule has 0 aliphatic carbocycles. The van der Waals surface area contributed by atoms with E-state index in [1.165, 1.54) is 28.4 Å². The molecule has 0 saturated carbocycles. The first-order valence-corrected chi connectivity index (χ1v) is 10.0. The van der Waals surface area contributed by atoms with E-state index in [1.807, 2.05) is 31.2 Å². The predicted octanol–water partition coefficient (Wildman–Crippen LogP) is 3.89. The molecule has 0 radical (unpaired) electrons. The van der Waals surface area contributed by atoms with Gasteiger partial charge in [-0.15, -0.1) is 0 Å². The average Bonchev–Trinajstić information content (AvgIpc) is 3.03. The zero-order chi connectivity index (χ0) is 23.4. The smallest absolute Gasteiger partial charge is 0.340 e. The molecular weight excluding hydrogens is 410 g/mol. The molecule has 3 rings (SSSR count). The standard InChI is InChI=1S/C25H27NO6/c1-15-7-9-17(10-8-15)14-26-16(2)21(25(28)32-6)19(24(26)27)13-18-11-12-20(29-3)23(31-5)22(18)30-4/h7-13H,14H2,1-6H3/b19-13-. The van der Waals surface area contributed by atoms with E-state index < -0.39 is 5.97 Å². The van der Waals surface area contributed by atoms with Crippen LogP contribution in [0.3, 0.4) is 0 Å². The molecule has 168 valence electrons. The van der Waals surface area contributed by atoms with Gasteiger partial charge in [-0.25, -0.2) is 4.79 Å². The summed E-state index contributed by atoms with van der Waals surface area (Å²) in [5.74, 6) is 0.413. The summed E-state index contributed by atoms with van der Waals surface area (Å²) in [5, 5.41) is 0. The topological polar surface area (TPSA) is 74.3 Å². The van der Waals surface area contributed by atoms with Gasteiger partial charge < -0.3 is 23.8 Å². The molecule has 32 heavy (non-hydrogen) atoms. The molecule has 2 aromatic rings. The number of ether oxygens (including phenoxy) is 4. The number of allylic oxidation sites excluding steroid dienone is 1. The maximum absolute atomic E-state index is 13.4. The molecule has 7 nitrogen and oxygen atoms in total. The van der Waals surface area contributed by atoms with Crippen molar-refractivity contribution in [1.29, 1.82) is 0 Å². The SMILES string of the molecule is COC(=O)C1=C(C)N(Cc2ccc(C)cc2)C(=O)/C1=C\c1ccc(OC)c(OC)c1OC. The van der Waals surface area contributed by atoms with Gasteiger partial charge in [-0.3, -0.25) is 4.79 Å². The maximum atomic E-state index is 13.4. The van der Waals surface area contributed by atoms with E-state index in [4.69, 9.17) is 18.9 Å². The molecular formula is C25H27NO6. The molecule has 1 heterocycles. The lowest BCUT2D eigenvalue weighted by molar-refractivity contribution is -0.136. The number of hydrogen-bond acceptors (Lipinski definition) is 6. The Hall–Kier alpha value is -3.74. The van der Waals surface area contributed by atoms with Crippen molar-refractivity contribution in [2.75, 3.05) is 28.4 Å². The van der Waals surface area contributed by atoms with Gasteiger partial charge in [-0.1, -0.05) is 29.8 Å². The molecule has 7 heteroatoms. The van der Waals surface area contributed by atoms with E-state index >= 15 is 0 Å². The second-order valence-corrected chi connectivity index (χ2v) is 7.31. The van der Waals surface area contributed by atoms with Gasteiger partial charge in [0, 0.05) is 11.3 Å². The van der Waals surface area contributed by atoms with Crippen molar-refractivity contribution in [3.63, 3.8) is 0 Å². The molecule has 0 fully saturated rings. The quantitative estimate of drug-likeness (QED) is 0.483. The third-order valence-corrected chi connectivity index (χ3v) is 5.40.